The fraction of sp³-hybridized carbons (Fsp3) is 0.429. The number of benzene rings is 1. The van der Waals surface area contributed by atoms with Crippen molar-refractivity contribution >= 4 is 11.7 Å². The molecule has 0 aliphatic carbocycles. The number of nitrogens with zero attached hydrogens (tertiary/aromatic N) is 3. The second-order valence-corrected chi connectivity index (χ2v) is 7.90. The molecular weight excluding hydrogens is 343 g/mol. The van der Waals surface area contributed by atoms with Gasteiger partial charge in [-0.05, 0) is 61.7 Å². The molecule has 0 unspecified atom stereocenters. The molecule has 2 N–H and O–H groups in total. The second kappa shape index (κ2) is 6.30. The molecule has 5 heterocycles. The Hall–Kier alpha value is -2.47. The third-order valence-electron chi connectivity index (χ3n) is 6.62. The van der Waals surface area contributed by atoms with E-state index in [0.29, 0.717) is 29.4 Å². The zero-order chi connectivity index (χ0) is 18.5. The van der Waals surface area contributed by atoms with E-state index in [0.717, 1.165) is 25.2 Å². The van der Waals surface area contributed by atoms with Crippen molar-refractivity contribution in [2.24, 2.45) is 11.7 Å². The maximum Gasteiger partial charge on any atom is 0.252 e. The second-order valence-electron chi connectivity index (χ2n) is 7.90. The minimum atomic E-state index is -0.443. The van der Waals surface area contributed by atoms with Crippen molar-refractivity contribution in [3.05, 3.63) is 59.5 Å². The highest BCUT2D eigenvalue weighted by atomic mass is 19.1. The summed E-state index contributed by atoms with van der Waals surface area (Å²) in [4.78, 5) is 21.4. The number of primary amides is 1. The Bertz CT molecular complexity index is 863. The summed E-state index contributed by atoms with van der Waals surface area (Å²) in [6.07, 6.45) is 4.07. The topological polar surface area (TPSA) is 62.5 Å². The molecule has 4 saturated heterocycles. The Labute approximate surface area is 158 Å². The lowest BCUT2D eigenvalue weighted by Crippen LogP contribution is -2.60. The van der Waals surface area contributed by atoms with Gasteiger partial charge < -0.3 is 10.6 Å². The predicted octanol–water partition coefficient (Wildman–Crippen LogP) is 2.39. The zero-order valence-electron chi connectivity index (χ0n) is 15.1. The number of anilines is 1. The number of rotatable bonds is 3. The quantitative estimate of drug-likeness (QED) is 0.906. The molecule has 4 aliphatic heterocycles. The first kappa shape index (κ1) is 16.7. The number of halogens is 1. The molecule has 0 spiro atoms. The van der Waals surface area contributed by atoms with Gasteiger partial charge in [0.1, 0.15) is 11.6 Å². The number of hydrogen-bond acceptors (Lipinski definition) is 4. The first-order chi connectivity index (χ1) is 13.1. The van der Waals surface area contributed by atoms with E-state index in [1.54, 1.807) is 30.5 Å². The number of amides is 1. The first-order valence-electron chi connectivity index (χ1n) is 9.64. The first-order valence-corrected chi connectivity index (χ1v) is 9.64. The molecule has 6 rings (SSSR count). The Morgan fingerprint density at radius 1 is 1.11 bits per heavy atom. The van der Waals surface area contributed by atoms with Crippen molar-refractivity contribution in [3.8, 4) is 0 Å². The van der Waals surface area contributed by atoms with Gasteiger partial charge in [0.05, 0.1) is 5.56 Å². The third kappa shape index (κ3) is 2.62. The Morgan fingerprint density at radius 2 is 1.85 bits per heavy atom. The lowest BCUT2D eigenvalue weighted by molar-refractivity contribution is 0.0354. The molecular formula is C21H23FN4O. The van der Waals surface area contributed by atoms with Crippen LogP contribution in [0.1, 0.15) is 34.7 Å². The SMILES string of the molecule is NC(=O)c1cccnc1N1C[C@H](c2ccc(F)cc2)[C@H]2[C@@H]1C1CCN2CC1. The molecule has 3 atom stereocenters. The normalized spacial score (nSPS) is 31.7. The molecule has 2 aromatic rings. The van der Waals surface area contributed by atoms with Gasteiger partial charge in [0.2, 0.25) is 0 Å². The molecule has 1 aromatic carbocycles. The fourth-order valence-corrected chi connectivity index (χ4v) is 5.49. The van der Waals surface area contributed by atoms with Gasteiger partial charge in [0.15, 0.2) is 0 Å². The average Bonchev–Trinajstić information content (AvgIpc) is 3.12. The smallest absolute Gasteiger partial charge is 0.252 e. The summed E-state index contributed by atoms with van der Waals surface area (Å²) in [5, 5.41) is 0. The van der Waals surface area contributed by atoms with E-state index >= 15 is 0 Å². The van der Waals surface area contributed by atoms with E-state index in [2.05, 4.69) is 14.8 Å². The van der Waals surface area contributed by atoms with Crippen LogP contribution in [0, 0.1) is 11.7 Å². The molecule has 27 heavy (non-hydrogen) atoms. The third-order valence-corrected chi connectivity index (χ3v) is 6.62. The summed E-state index contributed by atoms with van der Waals surface area (Å²) in [6.45, 7) is 3.00. The molecule has 1 amide bonds. The zero-order valence-corrected chi connectivity index (χ0v) is 15.1. The van der Waals surface area contributed by atoms with Gasteiger partial charge in [-0.25, -0.2) is 9.37 Å². The van der Waals surface area contributed by atoms with E-state index in [-0.39, 0.29) is 11.7 Å². The highest BCUT2D eigenvalue weighted by molar-refractivity contribution is 5.97. The Morgan fingerprint density at radius 3 is 2.56 bits per heavy atom. The molecule has 1 aromatic heterocycles. The van der Waals surface area contributed by atoms with Crippen molar-refractivity contribution in [1.29, 1.82) is 0 Å². The largest absolute Gasteiger partial charge is 0.365 e. The number of piperidine rings is 3. The predicted molar refractivity (Wildman–Crippen MR) is 101 cm³/mol. The monoisotopic (exact) mass is 366 g/mol. The van der Waals surface area contributed by atoms with Crippen LogP contribution >= 0.6 is 0 Å². The standard InChI is InChI=1S/C21H23FN4O/c22-15-5-3-13(4-6-15)17-12-26(21-16(20(23)27)2-1-9-24-21)18-14-7-10-25(11-8-14)19(17)18/h1-6,9,14,17-19H,7-8,10-12H2,(H2,23,27)/t17-,18+,19+/m1/s1. The number of carbonyl (C=O) groups excluding carboxylic acids is 1. The van der Waals surface area contributed by atoms with Crippen LogP contribution in [-0.2, 0) is 0 Å². The van der Waals surface area contributed by atoms with Crippen LogP contribution in [0.4, 0.5) is 10.2 Å². The molecule has 6 heteroatoms. The lowest BCUT2D eigenvalue weighted by atomic mass is 9.75. The summed E-state index contributed by atoms with van der Waals surface area (Å²) in [7, 11) is 0. The minimum absolute atomic E-state index is 0.212. The van der Waals surface area contributed by atoms with E-state index in [9.17, 15) is 9.18 Å². The highest BCUT2D eigenvalue weighted by Crippen LogP contribution is 2.48. The number of pyridine rings is 1. The van der Waals surface area contributed by atoms with Gasteiger partial charge in [0.25, 0.3) is 5.91 Å². The lowest BCUT2D eigenvalue weighted by Gasteiger charge is -2.51. The Kier molecular flexibility index (Phi) is 3.90. The number of carbonyl (C=O) groups is 1. The van der Waals surface area contributed by atoms with Crippen LogP contribution in [0.5, 0.6) is 0 Å². The van der Waals surface area contributed by atoms with Crippen molar-refractivity contribution in [3.63, 3.8) is 0 Å². The molecule has 0 radical (unpaired) electrons. The van der Waals surface area contributed by atoms with Gasteiger partial charge in [-0.3, -0.25) is 9.69 Å². The highest BCUT2D eigenvalue weighted by Gasteiger charge is 2.54. The van der Waals surface area contributed by atoms with Crippen LogP contribution in [0.3, 0.4) is 0 Å². The van der Waals surface area contributed by atoms with Crippen molar-refractivity contribution in [2.45, 2.75) is 30.8 Å². The minimum Gasteiger partial charge on any atom is -0.365 e. The maximum atomic E-state index is 13.5. The summed E-state index contributed by atoms with van der Waals surface area (Å²) < 4.78 is 13.5. The summed E-state index contributed by atoms with van der Waals surface area (Å²) >= 11 is 0. The summed E-state index contributed by atoms with van der Waals surface area (Å²) in [5.74, 6) is 0.894. The number of aromatic nitrogens is 1. The molecule has 4 fully saturated rings. The molecule has 2 bridgehead atoms. The summed E-state index contributed by atoms with van der Waals surface area (Å²) in [6, 6.07) is 11.1. The van der Waals surface area contributed by atoms with Crippen LogP contribution < -0.4 is 10.6 Å². The van der Waals surface area contributed by atoms with Gasteiger partial charge in [-0.1, -0.05) is 12.1 Å². The Balaban J connectivity index is 1.59. The number of hydrogen-bond donors (Lipinski definition) is 1. The van der Waals surface area contributed by atoms with Crippen LogP contribution in [-0.4, -0.2) is 47.5 Å². The van der Waals surface area contributed by atoms with Gasteiger partial charge in [-0.2, -0.15) is 0 Å². The van der Waals surface area contributed by atoms with E-state index < -0.39 is 5.91 Å². The van der Waals surface area contributed by atoms with E-state index in [4.69, 9.17) is 5.73 Å². The van der Waals surface area contributed by atoms with Crippen molar-refractivity contribution in [1.82, 2.24) is 9.88 Å². The van der Waals surface area contributed by atoms with E-state index in [1.807, 2.05) is 12.1 Å². The molecule has 4 aliphatic rings. The number of fused-ring (bicyclic) bond motifs is 2. The van der Waals surface area contributed by atoms with Crippen LogP contribution in [0.25, 0.3) is 0 Å². The van der Waals surface area contributed by atoms with Crippen LogP contribution in [0.15, 0.2) is 42.6 Å². The molecule has 0 saturated carbocycles. The van der Waals surface area contributed by atoms with Crippen molar-refractivity contribution in [2.75, 3.05) is 24.5 Å². The average molecular weight is 366 g/mol. The van der Waals surface area contributed by atoms with Crippen molar-refractivity contribution < 1.29 is 9.18 Å². The van der Waals surface area contributed by atoms with Gasteiger partial charge in [0, 0.05) is 30.7 Å². The van der Waals surface area contributed by atoms with E-state index in [1.165, 1.54) is 12.8 Å². The molecule has 140 valence electrons. The fourth-order valence-electron chi connectivity index (χ4n) is 5.49. The van der Waals surface area contributed by atoms with Crippen LogP contribution in [0.2, 0.25) is 0 Å². The summed E-state index contributed by atoms with van der Waals surface area (Å²) in [5.41, 5.74) is 7.26. The maximum absolute atomic E-state index is 13.5. The van der Waals surface area contributed by atoms with Gasteiger partial charge >= 0.3 is 0 Å². The van der Waals surface area contributed by atoms with Gasteiger partial charge in [-0.15, -0.1) is 0 Å². The number of nitrogens with two attached hydrogens (primary N) is 1. The molecule has 5 nitrogen and oxygen atoms in total.